The van der Waals surface area contributed by atoms with Crippen LogP contribution in [-0.2, 0) is 4.79 Å². The molecular weight excluding hydrogens is 282 g/mol. The maximum Gasteiger partial charge on any atom is 0.273 e. The fourth-order valence-corrected chi connectivity index (χ4v) is 3.13. The van der Waals surface area contributed by atoms with E-state index in [0.717, 1.165) is 21.5 Å². The summed E-state index contributed by atoms with van der Waals surface area (Å²) in [5.74, 6) is -0.169. The summed E-state index contributed by atoms with van der Waals surface area (Å²) >= 11 is 1.57. The highest BCUT2D eigenvalue weighted by atomic mass is 32.1. The number of thiophene rings is 1. The number of nitrogens with one attached hydrogen (secondary N) is 2. The van der Waals surface area contributed by atoms with E-state index in [0.29, 0.717) is 11.3 Å². The highest BCUT2D eigenvalue weighted by Crippen LogP contribution is 2.22. The third kappa shape index (κ3) is 2.08. The van der Waals surface area contributed by atoms with Crippen molar-refractivity contribution in [3.8, 4) is 0 Å². The predicted molar refractivity (Wildman–Crippen MR) is 85.3 cm³/mol. The number of H-pyrrole nitrogens is 1. The molecule has 1 aliphatic rings. The van der Waals surface area contributed by atoms with Gasteiger partial charge in [0.2, 0.25) is 0 Å². The minimum atomic E-state index is -0.169. The molecule has 0 atom stereocenters. The number of hydrogen-bond donors (Lipinski definition) is 2. The number of hydrogen-bond acceptors (Lipinski definition) is 3. The van der Waals surface area contributed by atoms with E-state index >= 15 is 0 Å². The maximum absolute atomic E-state index is 12.0. The van der Waals surface area contributed by atoms with E-state index in [1.165, 1.54) is 0 Å². The number of hydrazone groups is 1. The fourth-order valence-electron chi connectivity index (χ4n) is 2.40. The lowest BCUT2D eigenvalue weighted by molar-refractivity contribution is -0.116. The highest BCUT2D eigenvalue weighted by Gasteiger charge is 2.24. The van der Waals surface area contributed by atoms with Crippen LogP contribution < -0.4 is 5.43 Å². The number of amides is 1. The van der Waals surface area contributed by atoms with Crippen molar-refractivity contribution in [2.45, 2.75) is 0 Å². The quantitative estimate of drug-likeness (QED) is 0.701. The summed E-state index contributed by atoms with van der Waals surface area (Å²) in [5.41, 5.74) is 5.77. The van der Waals surface area contributed by atoms with Crippen LogP contribution in [0, 0.1) is 0 Å². The van der Waals surface area contributed by atoms with Crippen molar-refractivity contribution in [3.63, 3.8) is 0 Å². The van der Waals surface area contributed by atoms with Gasteiger partial charge >= 0.3 is 0 Å². The van der Waals surface area contributed by atoms with E-state index in [1.54, 1.807) is 11.3 Å². The molecule has 21 heavy (non-hydrogen) atoms. The van der Waals surface area contributed by atoms with Crippen molar-refractivity contribution >= 4 is 39.9 Å². The number of carbonyl (C=O) groups is 1. The Morgan fingerprint density at radius 1 is 1.14 bits per heavy atom. The first kappa shape index (κ1) is 12.1. The second kappa shape index (κ2) is 4.71. The molecule has 1 aliphatic heterocycles. The molecule has 2 N–H and O–H groups in total. The van der Waals surface area contributed by atoms with Crippen LogP contribution >= 0.6 is 11.3 Å². The van der Waals surface area contributed by atoms with Gasteiger partial charge in [0.15, 0.2) is 0 Å². The minimum absolute atomic E-state index is 0.169. The van der Waals surface area contributed by atoms with Crippen molar-refractivity contribution in [2.75, 3.05) is 0 Å². The number of fused-ring (bicyclic) bond motifs is 1. The van der Waals surface area contributed by atoms with Gasteiger partial charge in [-0.05, 0) is 35.0 Å². The van der Waals surface area contributed by atoms with Crippen LogP contribution in [0.25, 0.3) is 17.0 Å². The number of aromatic amines is 1. The van der Waals surface area contributed by atoms with E-state index < -0.39 is 0 Å². The number of aromatic nitrogens is 1. The van der Waals surface area contributed by atoms with Gasteiger partial charge in [-0.1, -0.05) is 24.3 Å². The first-order valence-corrected chi connectivity index (χ1v) is 7.41. The number of para-hydroxylation sites is 1. The summed E-state index contributed by atoms with van der Waals surface area (Å²) in [6.45, 7) is 0. The average molecular weight is 293 g/mol. The first-order chi connectivity index (χ1) is 10.3. The second-order valence-corrected chi connectivity index (χ2v) is 5.70. The summed E-state index contributed by atoms with van der Waals surface area (Å²) in [5, 5.41) is 7.23. The van der Waals surface area contributed by atoms with Crippen molar-refractivity contribution in [2.24, 2.45) is 5.10 Å². The van der Waals surface area contributed by atoms with Gasteiger partial charge in [0.05, 0.1) is 10.5 Å². The molecule has 102 valence electrons. The van der Waals surface area contributed by atoms with E-state index in [1.807, 2.05) is 53.9 Å². The SMILES string of the molecule is O=C1NN=C(c2cccs2)/C1=C\c1cc2ccccc2[nH]1. The molecule has 0 saturated carbocycles. The van der Waals surface area contributed by atoms with Gasteiger partial charge in [-0.3, -0.25) is 4.79 Å². The third-order valence-corrected chi connectivity index (χ3v) is 4.25. The van der Waals surface area contributed by atoms with Crippen molar-refractivity contribution in [1.29, 1.82) is 0 Å². The van der Waals surface area contributed by atoms with E-state index in [4.69, 9.17) is 0 Å². The van der Waals surface area contributed by atoms with Gasteiger partial charge in [-0.15, -0.1) is 11.3 Å². The molecule has 0 fully saturated rings. The van der Waals surface area contributed by atoms with Gasteiger partial charge in [-0.2, -0.15) is 5.10 Å². The van der Waals surface area contributed by atoms with Gasteiger partial charge < -0.3 is 4.98 Å². The number of carbonyl (C=O) groups excluding carboxylic acids is 1. The lowest BCUT2D eigenvalue weighted by atomic mass is 10.1. The van der Waals surface area contributed by atoms with Gasteiger partial charge in [0.25, 0.3) is 5.91 Å². The van der Waals surface area contributed by atoms with Crippen LogP contribution in [0.4, 0.5) is 0 Å². The topological polar surface area (TPSA) is 57.2 Å². The van der Waals surface area contributed by atoms with Crippen molar-refractivity contribution in [1.82, 2.24) is 10.4 Å². The monoisotopic (exact) mass is 293 g/mol. The van der Waals surface area contributed by atoms with Crippen molar-refractivity contribution in [3.05, 3.63) is 64.0 Å². The predicted octanol–water partition coefficient (Wildman–Crippen LogP) is 3.15. The lowest BCUT2D eigenvalue weighted by Crippen LogP contribution is -2.13. The summed E-state index contributed by atoms with van der Waals surface area (Å²) in [7, 11) is 0. The summed E-state index contributed by atoms with van der Waals surface area (Å²) in [4.78, 5) is 16.3. The zero-order valence-electron chi connectivity index (χ0n) is 11.0. The van der Waals surface area contributed by atoms with Crippen LogP contribution in [0.15, 0.2) is 58.5 Å². The Morgan fingerprint density at radius 3 is 2.86 bits per heavy atom. The molecule has 4 nitrogen and oxygen atoms in total. The first-order valence-electron chi connectivity index (χ1n) is 6.53. The molecule has 3 aromatic rings. The second-order valence-electron chi connectivity index (χ2n) is 4.75. The van der Waals surface area contributed by atoms with Crippen LogP contribution in [0.3, 0.4) is 0 Å². The molecule has 1 amide bonds. The minimum Gasteiger partial charge on any atom is -0.355 e. The molecule has 0 saturated heterocycles. The van der Waals surface area contributed by atoms with Crippen LogP contribution in [-0.4, -0.2) is 16.6 Å². The van der Waals surface area contributed by atoms with Crippen LogP contribution in [0.2, 0.25) is 0 Å². The van der Waals surface area contributed by atoms with E-state index in [9.17, 15) is 4.79 Å². The van der Waals surface area contributed by atoms with Crippen LogP contribution in [0.5, 0.6) is 0 Å². The number of nitrogens with zero attached hydrogens (tertiary/aromatic N) is 1. The lowest BCUT2D eigenvalue weighted by Gasteiger charge is -1.97. The molecule has 0 radical (unpaired) electrons. The summed E-state index contributed by atoms with van der Waals surface area (Å²) in [6, 6.07) is 14.0. The molecule has 0 aliphatic carbocycles. The fraction of sp³-hybridized carbons (Fsp3) is 0. The summed E-state index contributed by atoms with van der Waals surface area (Å²) in [6.07, 6.45) is 1.85. The molecule has 5 heteroatoms. The Bertz CT molecular complexity index is 854. The highest BCUT2D eigenvalue weighted by molar-refractivity contribution is 7.12. The molecule has 3 heterocycles. The van der Waals surface area contributed by atoms with E-state index in [-0.39, 0.29) is 5.91 Å². The molecule has 0 bridgehead atoms. The summed E-state index contributed by atoms with van der Waals surface area (Å²) < 4.78 is 0. The standard InChI is InChI=1S/C16H11N3OS/c20-16-12(15(18-19-16)14-6-3-7-21-14)9-11-8-10-4-1-2-5-13(10)17-11/h1-9,17H,(H,19,20)/b12-9+. The average Bonchev–Trinajstić information content (AvgIpc) is 3.19. The van der Waals surface area contributed by atoms with E-state index in [2.05, 4.69) is 15.5 Å². The third-order valence-electron chi connectivity index (χ3n) is 3.37. The normalized spacial score (nSPS) is 16.5. The van der Waals surface area contributed by atoms with Crippen molar-refractivity contribution < 1.29 is 4.79 Å². The molecule has 2 aromatic heterocycles. The molecule has 1 aromatic carbocycles. The largest absolute Gasteiger partial charge is 0.355 e. The zero-order valence-corrected chi connectivity index (χ0v) is 11.8. The number of benzene rings is 1. The maximum atomic E-state index is 12.0. The Kier molecular flexibility index (Phi) is 2.72. The molecule has 0 unspecified atom stereocenters. The Balaban J connectivity index is 1.79. The Labute approximate surface area is 124 Å². The number of rotatable bonds is 2. The van der Waals surface area contributed by atoms with Gasteiger partial charge in [0, 0.05) is 11.2 Å². The smallest absolute Gasteiger partial charge is 0.273 e. The Morgan fingerprint density at radius 2 is 2.05 bits per heavy atom. The van der Waals surface area contributed by atoms with Crippen LogP contribution in [0.1, 0.15) is 10.6 Å². The zero-order chi connectivity index (χ0) is 14.2. The molecular formula is C16H11N3OS. The Hall–Kier alpha value is -2.66. The molecule has 0 spiro atoms. The van der Waals surface area contributed by atoms with Gasteiger partial charge in [0.1, 0.15) is 5.71 Å². The molecule has 4 rings (SSSR count). The van der Waals surface area contributed by atoms with Gasteiger partial charge in [-0.25, -0.2) is 5.43 Å².